The van der Waals surface area contributed by atoms with Crippen LogP contribution in [0.1, 0.15) is 12.0 Å². The summed E-state index contributed by atoms with van der Waals surface area (Å²) in [4.78, 5) is 1.14. The Kier molecular flexibility index (Phi) is 4.51. The van der Waals surface area contributed by atoms with Gasteiger partial charge in [-0.15, -0.1) is 11.8 Å². The lowest BCUT2D eigenvalue weighted by atomic mass is 10.2. The van der Waals surface area contributed by atoms with Crippen molar-refractivity contribution in [3.63, 3.8) is 0 Å². The smallest absolute Gasteiger partial charge is 0.0763 e. The summed E-state index contributed by atoms with van der Waals surface area (Å²) in [6.45, 7) is 2.04. The first-order valence-electron chi connectivity index (χ1n) is 4.47. The molecule has 0 saturated carbocycles. The molecule has 1 unspecified atom stereocenters. The van der Waals surface area contributed by atoms with Crippen LogP contribution in [-0.2, 0) is 0 Å². The second kappa shape index (κ2) is 5.69. The zero-order valence-electron chi connectivity index (χ0n) is 8.10. The van der Waals surface area contributed by atoms with Crippen molar-refractivity contribution in [1.82, 2.24) is 0 Å². The number of hydrogen-bond acceptors (Lipinski definition) is 3. The van der Waals surface area contributed by atoms with E-state index in [9.17, 15) is 5.11 Å². The number of nitrogens with zero attached hydrogens (tertiary/aromatic N) is 1. The molecular weight excluding hydrogens is 194 g/mol. The first-order valence-corrected chi connectivity index (χ1v) is 5.45. The second-order valence-corrected chi connectivity index (χ2v) is 4.24. The average Bonchev–Trinajstić information content (AvgIpc) is 2.15. The van der Waals surface area contributed by atoms with Gasteiger partial charge >= 0.3 is 0 Å². The van der Waals surface area contributed by atoms with Crippen LogP contribution in [0.5, 0.6) is 0 Å². The quantitative estimate of drug-likeness (QED) is 0.771. The van der Waals surface area contributed by atoms with Crippen molar-refractivity contribution in [2.45, 2.75) is 24.3 Å². The van der Waals surface area contributed by atoms with E-state index in [-0.39, 0.29) is 6.42 Å². The number of aryl methyl sites for hydroxylation is 1. The molecule has 3 heteroatoms. The number of thioether (sulfide) groups is 1. The van der Waals surface area contributed by atoms with Crippen LogP contribution in [0.2, 0.25) is 0 Å². The molecule has 0 aromatic heterocycles. The van der Waals surface area contributed by atoms with E-state index in [1.807, 2.05) is 31.2 Å². The average molecular weight is 207 g/mol. The van der Waals surface area contributed by atoms with Crippen molar-refractivity contribution in [1.29, 1.82) is 5.26 Å². The maximum atomic E-state index is 9.34. The van der Waals surface area contributed by atoms with Crippen LogP contribution in [0.15, 0.2) is 29.2 Å². The Balaban J connectivity index is 2.42. The van der Waals surface area contributed by atoms with Crippen molar-refractivity contribution >= 4 is 11.8 Å². The van der Waals surface area contributed by atoms with Gasteiger partial charge in [-0.2, -0.15) is 5.26 Å². The van der Waals surface area contributed by atoms with Crippen LogP contribution in [0, 0.1) is 18.3 Å². The Bertz CT molecular complexity index is 332. The molecule has 0 fully saturated rings. The molecule has 2 nitrogen and oxygen atoms in total. The van der Waals surface area contributed by atoms with E-state index >= 15 is 0 Å². The van der Waals surface area contributed by atoms with Gasteiger partial charge in [0.25, 0.3) is 0 Å². The summed E-state index contributed by atoms with van der Waals surface area (Å²) in [6, 6.07) is 10.1. The van der Waals surface area contributed by atoms with Gasteiger partial charge in [0.1, 0.15) is 0 Å². The molecule has 1 N–H and O–H groups in total. The van der Waals surface area contributed by atoms with Gasteiger partial charge in [-0.3, -0.25) is 0 Å². The lowest BCUT2D eigenvalue weighted by Gasteiger charge is -2.06. The molecule has 0 amide bonds. The third kappa shape index (κ3) is 3.82. The number of benzene rings is 1. The fourth-order valence-corrected chi connectivity index (χ4v) is 2.01. The predicted octanol–water partition coefficient (Wildman–Crippen LogP) is 2.36. The highest BCUT2D eigenvalue weighted by Gasteiger charge is 2.03. The standard InChI is InChI=1S/C11H13NOS/c1-9-3-2-4-11(7-9)14-8-10(13)5-6-12/h2-4,7,10,13H,5,8H2,1H3. The molecule has 74 valence electrons. The monoisotopic (exact) mass is 207 g/mol. The highest BCUT2D eigenvalue weighted by atomic mass is 32.2. The maximum absolute atomic E-state index is 9.34. The molecule has 0 radical (unpaired) electrons. The summed E-state index contributed by atoms with van der Waals surface area (Å²) in [5.74, 6) is 0.580. The Morgan fingerprint density at radius 3 is 3.00 bits per heavy atom. The summed E-state index contributed by atoms with van der Waals surface area (Å²) >= 11 is 1.58. The Morgan fingerprint density at radius 1 is 1.57 bits per heavy atom. The van der Waals surface area contributed by atoms with Gasteiger partial charge in [-0.25, -0.2) is 0 Å². The molecule has 1 aromatic carbocycles. The van der Waals surface area contributed by atoms with Crippen LogP contribution < -0.4 is 0 Å². The van der Waals surface area contributed by atoms with Crippen LogP contribution in [-0.4, -0.2) is 17.0 Å². The highest BCUT2D eigenvalue weighted by molar-refractivity contribution is 7.99. The highest BCUT2D eigenvalue weighted by Crippen LogP contribution is 2.20. The molecule has 14 heavy (non-hydrogen) atoms. The second-order valence-electron chi connectivity index (χ2n) is 3.14. The maximum Gasteiger partial charge on any atom is 0.0763 e. The minimum Gasteiger partial charge on any atom is -0.391 e. The molecule has 0 saturated heterocycles. The summed E-state index contributed by atoms with van der Waals surface area (Å²) in [7, 11) is 0. The van der Waals surface area contributed by atoms with Crippen LogP contribution in [0.4, 0.5) is 0 Å². The van der Waals surface area contributed by atoms with Crippen molar-refractivity contribution in [2.75, 3.05) is 5.75 Å². The number of aliphatic hydroxyl groups is 1. The number of aliphatic hydroxyl groups excluding tert-OH is 1. The van der Waals surface area contributed by atoms with Crippen LogP contribution in [0.3, 0.4) is 0 Å². The molecule has 0 aliphatic heterocycles. The van der Waals surface area contributed by atoms with Gasteiger partial charge in [0.2, 0.25) is 0 Å². The normalized spacial score (nSPS) is 12.1. The molecule has 0 aliphatic rings. The first kappa shape index (κ1) is 11.1. The van der Waals surface area contributed by atoms with Gasteiger partial charge in [0, 0.05) is 10.6 Å². The molecule has 0 aliphatic carbocycles. The van der Waals surface area contributed by atoms with E-state index < -0.39 is 6.10 Å². The van der Waals surface area contributed by atoms with E-state index in [0.29, 0.717) is 5.75 Å². The van der Waals surface area contributed by atoms with E-state index in [4.69, 9.17) is 5.26 Å². The summed E-state index contributed by atoms with van der Waals surface area (Å²) in [6.07, 6.45) is -0.316. The molecule has 0 bridgehead atoms. The zero-order valence-corrected chi connectivity index (χ0v) is 8.92. The van der Waals surface area contributed by atoms with Crippen molar-refractivity contribution in [3.8, 4) is 6.07 Å². The molecule has 0 heterocycles. The summed E-state index contributed by atoms with van der Waals surface area (Å²) < 4.78 is 0. The Hall–Kier alpha value is -0.980. The number of rotatable bonds is 4. The van der Waals surface area contributed by atoms with Gasteiger partial charge in [-0.1, -0.05) is 17.7 Å². The minimum absolute atomic E-state index is 0.207. The van der Waals surface area contributed by atoms with E-state index in [2.05, 4.69) is 6.07 Å². The van der Waals surface area contributed by atoms with E-state index in [1.165, 1.54) is 5.56 Å². The lowest BCUT2D eigenvalue weighted by Crippen LogP contribution is -2.07. The van der Waals surface area contributed by atoms with Gasteiger partial charge in [-0.05, 0) is 19.1 Å². The minimum atomic E-state index is -0.523. The zero-order chi connectivity index (χ0) is 10.4. The third-order valence-electron chi connectivity index (χ3n) is 1.76. The predicted molar refractivity (Wildman–Crippen MR) is 58.1 cm³/mol. The lowest BCUT2D eigenvalue weighted by molar-refractivity contribution is 0.205. The van der Waals surface area contributed by atoms with Gasteiger partial charge in [0.15, 0.2) is 0 Å². The van der Waals surface area contributed by atoms with Crippen LogP contribution in [0.25, 0.3) is 0 Å². The fraction of sp³-hybridized carbons (Fsp3) is 0.364. The molecule has 0 spiro atoms. The molecular formula is C11H13NOS. The Labute approximate surface area is 88.6 Å². The van der Waals surface area contributed by atoms with E-state index in [1.54, 1.807) is 11.8 Å². The molecule has 1 aromatic rings. The number of hydrogen-bond donors (Lipinski definition) is 1. The van der Waals surface area contributed by atoms with Crippen molar-refractivity contribution < 1.29 is 5.11 Å². The molecule has 1 atom stereocenters. The third-order valence-corrected chi connectivity index (χ3v) is 2.90. The largest absolute Gasteiger partial charge is 0.391 e. The van der Waals surface area contributed by atoms with E-state index in [0.717, 1.165) is 4.90 Å². The Morgan fingerprint density at radius 2 is 2.36 bits per heavy atom. The fourth-order valence-electron chi connectivity index (χ4n) is 1.06. The van der Waals surface area contributed by atoms with Gasteiger partial charge in [0.05, 0.1) is 18.6 Å². The van der Waals surface area contributed by atoms with Crippen molar-refractivity contribution in [2.24, 2.45) is 0 Å². The summed E-state index contributed by atoms with van der Waals surface area (Å²) in [5.41, 5.74) is 1.21. The first-order chi connectivity index (χ1) is 6.72. The summed E-state index contributed by atoms with van der Waals surface area (Å²) in [5, 5.41) is 17.7. The SMILES string of the molecule is Cc1cccc(SCC(O)CC#N)c1. The van der Waals surface area contributed by atoms with Crippen LogP contribution >= 0.6 is 11.8 Å². The molecule has 1 rings (SSSR count). The van der Waals surface area contributed by atoms with Gasteiger partial charge < -0.3 is 5.11 Å². The topological polar surface area (TPSA) is 44.0 Å². The van der Waals surface area contributed by atoms with Crippen molar-refractivity contribution in [3.05, 3.63) is 29.8 Å². The number of nitriles is 1.